The van der Waals surface area contributed by atoms with Crippen LogP contribution in [-0.2, 0) is 0 Å². The molecule has 3 aliphatic heterocycles. The Balaban J connectivity index is 1.33. The van der Waals surface area contributed by atoms with Crippen molar-refractivity contribution in [1.29, 1.82) is 0 Å². The van der Waals surface area contributed by atoms with Gasteiger partial charge >= 0.3 is 0 Å². The summed E-state index contributed by atoms with van der Waals surface area (Å²) in [6.07, 6.45) is 3.50. The SMILES string of the molecule is CCN1CCCC1CNC(=O)c1ccc2c(c1)[C@H]1NCC[C@H]1C(c1ccc(OC)cc1)N2. The molecule has 3 aliphatic rings. The molecule has 0 bridgehead atoms. The summed E-state index contributed by atoms with van der Waals surface area (Å²) in [5.41, 5.74) is 4.35. The van der Waals surface area contributed by atoms with E-state index in [4.69, 9.17) is 4.74 Å². The van der Waals surface area contributed by atoms with Crippen LogP contribution in [0.2, 0.25) is 0 Å². The number of methoxy groups -OCH3 is 1. The maximum atomic E-state index is 12.9. The summed E-state index contributed by atoms with van der Waals surface area (Å²) < 4.78 is 5.33. The standard InChI is InChI=1S/C26H34N4O2/c1-3-30-14-4-5-19(30)16-28-26(31)18-8-11-23-22(15-18)25-21(12-13-27-25)24(29-23)17-6-9-20(32-2)10-7-17/h6-11,15,19,21,24-25,27,29H,3-5,12-14,16H2,1-2H3,(H,28,31)/t19?,21-,24?,25-/m0/s1. The monoisotopic (exact) mass is 434 g/mol. The van der Waals surface area contributed by atoms with Gasteiger partial charge in [-0.05, 0) is 80.4 Å². The number of carbonyl (C=O) groups excluding carboxylic acids is 1. The van der Waals surface area contributed by atoms with Crippen LogP contribution >= 0.6 is 0 Å². The van der Waals surface area contributed by atoms with Gasteiger partial charge in [0.1, 0.15) is 5.75 Å². The van der Waals surface area contributed by atoms with Crippen molar-refractivity contribution >= 4 is 11.6 Å². The second-order valence-corrected chi connectivity index (χ2v) is 9.22. The smallest absolute Gasteiger partial charge is 0.251 e. The van der Waals surface area contributed by atoms with Gasteiger partial charge in [-0.25, -0.2) is 0 Å². The van der Waals surface area contributed by atoms with Crippen LogP contribution in [0, 0.1) is 5.92 Å². The molecule has 2 unspecified atom stereocenters. The molecule has 0 spiro atoms. The molecule has 2 aromatic carbocycles. The third kappa shape index (κ3) is 3.97. The fourth-order valence-corrected chi connectivity index (χ4v) is 5.79. The van der Waals surface area contributed by atoms with E-state index in [9.17, 15) is 4.79 Å². The van der Waals surface area contributed by atoms with Gasteiger partial charge in [-0.15, -0.1) is 0 Å². The highest BCUT2D eigenvalue weighted by Gasteiger charge is 2.40. The highest BCUT2D eigenvalue weighted by Crippen LogP contribution is 2.47. The lowest BCUT2D eigenvalue weighted by Crippen LogP contribution is -2.40. The predicted molar refractivity (Wildman–Crippen MR) is 127 cm³/mol. The van der Waals surface area contributed by atoms with Crippen molar-refractivity contribution < 1.29 is 9.53 Å². The third-order valence-corrected chi connectivity index (χ3v) is 7.54. The number of ether oxygens (including phenoxy) is 1. The average Bonchev–Trinajstić information content (AvgIpc) is 3.51. The molecule has 5 rings (SSSR count). The van der Waals surface area contributed by atoms with Crippen LogP contribution < -0.4 is 20.7 Å². The van der Waals surface area contributed by atoms with E-state index in [-0.39, 0.29) is 18.0 Å². The maximum Gasteiger partial charge on any atom is 0.251 e. The molecule has 0 aromatic heterocycles. The first kappa shape index (κ1) is 21.3. The maximum absolute atomic E-state index is 12.9. The van der Waals surface area contributed by atoms with Gasteiger partial charge in [-0.3, -0.25) is 9.69 Å². The number of nitrogens with one attached hydrogen (secondary N) is 3. The van der Waals surface area contributed by atoms with Crippen molar-refractivity contribution in [1.82, 2.24) is 15.5 Å². The fraction of sp³-hybridized carbons (Fsp3) is 0.500. The number of fused-ring (bicyclic) bond motifs is 3. The van der Waals surface area contributed by atoms with Crippen molar-refractivity contribution in [2.24, 2.45) is 5.92 Å². The first-order valence-electron chi connectivity index (χ1n) is 12.0. The van der Waals surface area contributed by atoms with E-state index in [0.717, 1.165) is 49.6 Å². The highest BCUT2D eigenvalue weighted by molar-refractivity contribution is 5.95. The number of hydrogen-bond acceptors (Lipinski definition) is 5. The van der Waals surface area contributed by atoms with E-state index in [0.29, 0.717) is 12.0 Å². The number of likely N-dealkylation sites (N-methyl/N-ethyl adjacent to an activating group) is 1. The molecule has 2 aromatic rings. The van der Waals surface area contributed by atoms with Gasteiger partial charge in [0.15, 0.2) is 0 Å². The van der Waals surface area contributed by atoms with Crippen LogP contribution in [-0.4, -0.2) is 50.1 Å². The molecule has 6 nitrogen and oxygen atoms in total. The molecule has 0 saturated carbocycles. The van der Waals surface area contributed by atoms with Crippen LogP contribution in [0.15, 0.2) is 42.5 Å². The molecule has 32 heavy (non-hydrogen) atoms. The van der Waals surface area contributed by atoms with Crippen LogP contribution in [0.1, 0.15) is 59.8 Å². The lowest BCUT2D eigenvalue weighted by atomic mass is 9.80. The Hall–Kier alpha value is -2.57. The van der Waals surface area contributed by atoms with Crippen molar-refractivity contribution in [3.8, 4) is 5.75 Å². The quantitative estimate of drug-likeness (QED) is 0.647. The normalized spacial score (nSPS) is 26.8. The number of nitrogens with zero attached hydrogens (tertiary/aromatic N) is 1. The number of carbonyl (C=O) groups is 1. The number of amides is 1. The lowest BCUT2D eigenvalue weighted by Gasteiger charge is -2.37. The second-order valence-electron chi connectivity index (χ2n) is 9.22. The van der Waals surface area contributed by atoms with Crippen molar-refractivity contribution in [3.63, 3.8) is 0 Å². The summed E-state index contributed by atoms with van der Waals surface area (Å²) in [5.74, 6) is 1.36. The minimum atomic E-state index is 0.0302. The van der Waals surface area contributed by atoms with Crippen molar-refractivity contribution in [2.75, 3.05) is 38.6 Å². The minimum absolute atomic E-state index is 0.0302. The molecular weight excluding hydrogens is 400 g/mol. The van der Waals surface area contributed by atoms with Gasteiger partial charge in [0.25, 0.3) is 5.91 Å². The van der Waals surface area contributed by atoms with Gasteiger partial charge in [0.2, 0.25) is 0 Å². The average molecular weight is 435 g/mol. The van der Waals surface area contributed by atoms with Gasteiger partial charge in [-0.2, -0.15) is 0 Å². The van der Waals surface area contributed by atoms with Crippen LogP contribution in [0.25, 0.3) is 0 Å². The van der Waals surface area contributed by atoms with Crippen LogP contribution in [0.5, 0.6) is 5.75 Å². The van der Waals surface area contributed by atoms with Crippen molar-refractivity contribution in [2.45, 2.75) is 44.3 Å². The molecular formula is C26H34N4O2. The lowest BCUT2D eigenvalue weighted by molar-refractivity contribution is 0.0941. The minimum Gasteiger partial charge on any atom is -0.497 e. The summed E-state index contributed by atoms with van der Waals surface area (Å²) in [5, 5.41) is 10.6. The first-order valence-corrected chi connectivity index (χ1v) is 12.0. The van der Waals surface area contributed by atoms with Gasteiger partial charge in [0.05, 0.1) is 13.2 Å². The number of likely N-dealkylation sites (tertiary alicyclic amines) is 1. The summed E-state index contributed by atoms with van der Waals surface area (Å²) in [6.45, 7) is 6.11. The Bertz CT molecular complexity index is 961. The molecule has 6 heteroatoms. The van der Waals surface area contributed by atoms with E-state index >= 15 is 0 Å². The summed E-state index contributed by atoms with van der Waals surface area (Å²) in [7, 11) is 1.70. The molecule has 170 valence electrons. The Labute approximate surface area is 190 Å². The molecule has 1 amide bonds. The molecule has 0 aliphatic carbocycles. The number of rotatable bonds is 6. The topological polar surface area (TPSA) is 65.6 Å². The van der Waals surface area contributed by atoms with E-state index in [2.05, 4.69) is 52.0 Å². The fourth-order valence-electron chi connectivity index (χ4n) is 5.79. The van der Waals surface area contributed by atoms with E-state index < -0.39 is 0 Å². The molecule has 3 N–H and O–H groups in total. The molecule has 3 heterocycles. The Morgan fingerprint density at radius 2 is 2.00 bits per heavy atom. The Morgan fingerprint density at radius 1 is 1.16 bits per heavy atom. The molecule has 4 atom stereocenters. The second kappa shape index (κ2) is 9.12. The highest BCUT2D eigenvalue weighted by atomic mass is 16.5. The number of hydrogen-bond donors (Lipinski definition) is 3. The van der Waals surface area contributed by atoms with E-state index in [1.807, 2.05) is 18.2 Å². The Kier molecular flexibility index (Phi) is 6.07. The van der Waals surface area contributed by atoms with E-state index in [1.54, 1.807) is 7.11 Å². The van der Waals surface area contributed by atoms with Crippen LogP contribution in [0.3, 0.4) is 0 Å². The number of benzene rings is 2. The van der Waals surface area contributed by atoms with Gasteiger partial charge in [-0.1, -0.05) is 19.1 Å². The Morgan fingerprint density at radius 3 is 2.78 bits per heavy atom. The molecule has 0 radical (unpaired) electrons. The van der Waals surface area contributed by atoms with Crippen molar-refractivity contribution in [3.05, 3.63) is 59.2 Å². The first-order chi connectivity index (χ1) is 15.7. The largest absolute Gasteiger partial charge is 0.497 e. The summed E-state index contributed by atoms with van der Waals surface area (Å²) in [4.78, 5) is 15.4. The van der Waals surface area contributed by atoms with E-state index in [1.165, 1.54) is 24.0 Å². The zero-order valence-electron chi connectivity index (χ0n) is 19.1. The summed E-state index contributed by atoms with van der Waals surface area (Å²) in [6, 6.07) is 15.5. The van der Waals surface area contributed by atoms with Gasteiger partial charge < -0.3 is 20.7 Å². The zero-order valence-corrected chi connectivity index (χ0v) is 19.1. The van der Waals surface area contributed by atoms with Crippen LogP contribution in [0.4, 0.5) is 5.69 Å². The van der Waals surface area contributed by atoms with Gasteiger partial charge in [0, 0.05) is 35.8 Å². The third-order valence-electron chi connectivity index (χ3n) is 7.54. The zero-order chi connectivity index (χ0) is 22.1. The summed E-state index contributed by atoms with van der Waals surface area (Å²) >= 11 is 0. The molecule has 2 saturated heterocycles. The predicted octanol–water partition coefficient (Wildman–Crippen LogP) is 3.73. The number of anilines is 1. The molecule has 2 fully saturated rings.